The summed E-state index contributed by atoms with van der Waals surface area (Å²) in [5, 5.41) is 7.09. The topological polar surface area (TPSA) is 24.1 Å². The molecule has 2 N–H and O–H groups in total. The van der Waals surface area contributed by atoms with E-state index in [1.165, 1.54) is 15.3 Å². The zero-order valence-electron chi connectivity index (χ0n) is 9.68. The second-order valence-electron chi connectivity index (χ2n) is 3.93. The Balaban J connectivity index is 2.40. The molecule has 15 heavy (non-hydrogen) atoms. The van der Waals surface area contributed by atoms with Crippen LogP contribution in [0.25, 0.3) is 0 Å². The second kappa shape index (κ2) is 5.47. The molecule has 0 spiro atoms. The summed E-state index contributed by atoms with van der Waals surface area (Å²) in [6.45, 7) is 9.26. The number of thiocarbonyl (C=S) groups is 1. The third-order valence-corrected chi connectivity index (χ3v) is 3.47. The minimum atomic E-state index is 0.386. The van der Waals surface area contributed by atoms with Gasteiger partial charge in [-0.1, -0.05) is 0 Å². The quantitative estimate of drug-likeness (QED) is 0.797. The number of nitrogens with one attached hydrogen (secondary N) is 2. The van der Waals surface area contributed by atoms with Crippen LogP contribution in [-0.2, 0) is 6.54 Å². The first-order valence-electron chi connectivity index (χ1n) is 5.09. The smallest absolute Gasteiger partial charge is 0.166 e. The molecule has 0 aromatic carbocycles. The van der Waals surface area contributed by atoms with Gasteiger partial charge in [0.25, 0.3) is 0 Å². The summed E-state index contributed by atoms with van der Waals surface area (Å²) in [6.07, 6.45) is 0. The van der Waals surface area contributed by atoms with Crippen molar-refractivity contribution in [3.63, 3.8) is 0 Å². The highest BCUT2D eigenvalue weighted by atomic mass is 32.1. The van der Waals surface area contributed by atoms with Crippen molar-refractivity contribution >= 4 is 28.7 Å². The van der Waals surface area contributed by atoms with Crippen molar-refractivity contribution in [1.82, 2.24) is 10.6 Å². The van der Waals surface area contributed by atoms with Crippen LogP contribution in [0.1, 0.15) is 29.2 Å². The molecular formula is C11H18N2S2. The lowest BCUT2D eigenvalue weighted by atomic mass is 10.3. The van der Waals surface area contributed by atoms with E-state index in [0.717, 1.165) is 11.7 Å². The van der Waals surface area contributed by atoms with Crippen LogP contribution in [0.5, 0.6) is 0 Å². The molecule has 0 aliphatic rings. The Bertz CT molecular complexity index is 323. The lowest BCUT2D eigenvalue weighted by Gasteiger charge is -2.12. The third kappa shape index (κ3) is 4.18. The molecule has 2 nitrogen and oxygen atoms in total. The minimum Gasteiger partial charge on any atom is -0.361 e. The van der Waals surface area contributed by atoms with Crippen molar-refractivity contribution in [1.29, 1.82) is 0 Å². The third-order valence-electron chi connectivity index (χ3n) is 2.06. The van der Waals surface area contributed by atoms with Gasteiger partial charge < -0.3 is 10.6 Å². The van der Waals surface area contributed by atoms with Gasteiger partial charge >= 0.3 is 0 Å². The number of rotatable bonds is 3. The van der Waals surface area contributed by atoms with Gasteiger partial charge in [0.15, 0.2) is 5.11 Å². The molecule has 1 heterocycles. The Morgan fingerprint density at radius 1 is 1.47 bits per heavy atom. The first-order valence-corrected chi connectivity index (χ1v) is 6.31. The highest BCUT2D eigenvalue weighted by molar-refractivity contribution is 7.80. The number of hydrogen-bond donors (Lipinski definition) is 2. The Hall–Kier alpha value is -0.610. The first-order chi connectivity index (χ1) is 6.99. The molecule has 0 atom stereocenters. The largest absolute Gasteiger partial charge is 0.361 e. The van der Waals surface area contributed by atoms with Gasteiger partial charge in [-0.15, -0.1) is 11.3 Å². The van der Waals surface area contributed by atoms with Crippen LogP contribution in [0.15, 0.2) is 6.07 Å². The van der Waals surface area contributed by atoms with Gasteiger partial charge in [-0.25, -0.2) is 0 Å². The van der Waals surface area contributed by atoms with E-state index in [1.54, 1.807) is 0 Å². The summed E-state index contributed by atoms with van der Waals surface area (Å²) in [5.41, 5.74) is 1.36. The van der Waals surface area contributed by atoms with E-state index in [1.807, 2.05) is 11.3 Å². The van der Waals surface area contributed by atoms with Crippen LogP contribution in [-0.4, -0.2) is 11.2 Å². The fraction of sp³-hybridized carbons (Fsp3) is 0.545. The minimum absolute atomic E-state index is 0.386. The van der Waals surface area contributed by atoms with Gasteiger partial charge in [-0.05, 0) is 51.5 Å². The Kier molecular flexibility index (Phi) is 4.54. The highest BCUT2D eigenvalue weighted by Gasteiger charge is 2.02. The molecular weight excluding hydrogens is 224 g/mol. The molecule has 0 aliphatic heterocycles. The lowest BCUT2D eigenvalue weighted by Crippen LogP contribution is -2.38. The molecule has 0 amide bonds. The van der Waals surface area contributed by atoms with Crippen molar-refractivity contribution in [2.24, 2.45) is 0 Å². The molecule has 4 heteroatoms. The van der Waals surface area contributed by atoms with E-state index in [2.05, 4.69) is 44.4 Å². The predicted octanol–water partition coefficient (Wildman–Crippen LogP) is 2.74. The molecule has 1 aromatic rings. The summed E-state index contributed by atoms with van der Waals surface area (Å²) in [6, 6.07) is 2.60. The van der Waals surface area contributed by atoms with Crippen LogP contribution >= 0.6 is 23.6 Å². The molecule has 0 unspecified atom stereocenters. The molecule has 0 saturated carbocycles. The van der Waals surface area contributed by atoms with Crippen molar-refractivity contribution in [3.05, 3.63) is 21.4 Å². The van der Waals surface area contributed by atoms with Crippen molar-refractivity contribution < 1.29 is 0 Å². The second-order valence-corrected chi connectivity index (χ2v) is 5.68. The summed E-state index contributed by atoms with van der Waals surface area (Å²) in [4.78, 5) is 2.72. The van der Waals surface area contributed by atoms with Crippen LogP contribution < -0.4 is 10.6 Å². The average Bonchev–Trinajstić information content (AvgIpc) is 2.42. The van der Waals surface area contributed by atoms with Gasteiger partial charge in [-0.2, -0.15) is 0 Å². The molecule has 1 aromatic heterocycles. The van der Waals surface area contributed by atoms with Crippen molar-refractivity contribution in [2.75, 3.05) is 0 Å². The molecule has 1 rings (SSSR count). The maximum absolute atomic E-state index is 5.15. The maximum atomic E-state index is 5.15. The molecule has 0 saturated heterocycles. The van der Waals surface area contributed by atoms with E-state index < -0.39 is 0 Å². The first kappa shape index (κ1) is 12.5. The zero-order valence-corrected chi connectivity index (χ0v) is 11.3. The Morgan fingerprint density at radius 2 is 2.13 bits per heavy atom. The average molecular weight is 242 g/mol. The van der Waals surface area contributed by atoms with Crippen LogP contribution in [0.3, 0.4) is 0 Å². The molecule has 0 bridgehead atoms. The van der Waals surface area contributed by atoms with Crippen LogP contribution in [0.4, 0.5) is 0 Å². The van der Waals surface area contributed by atoms with Crippen molar-refractivity contribution in [2.45, 2.75) is 40.3 Å². The molecule has 84 valence electrons. The Labute approximate surface area is 101 Å². The van der Waals surface area contributed by atoms with E-state index in [0.29, 0.717) is 6.04 Å². The zero-order chi connectivity index (χ0) is 11.4. The van der Waals surface area contributed by atoms with Crippen LogP contribution in [0.2, 0.25) is 0 Å². The molecule has 0 fully saturated rings. The Morgan fingerprint density at radius 3 is 2.60 bits per heavy atom. The standard InChI is InChI=1S/C11H18N2S2/c1-7(2)13-11(14)12-6-10-5-8(3)9(4)15-10/h5,7H,6H2,1-4H3,(H2,12,13,14). The maximum Gasteiger partial charge on any atom is 0.166 e. The number of hydrogen-bond acceptors (Lipinski definition) is 2. The fourth-order valence-corrected chi connectivity index (χ4v) is 2.52. The van der Waals surface area contributed by atoms with Crippen molar-refractivity contribution in [3.8, 4) is 0 Å². The number of aryl methyl sites for hydroxylation is 2. The number of thiophene rings is 1. The summed E-state index contributed by atoms with van der Waals surface area (Å²) in [7, 11) is 0. The van der Waals surface area contributed by atoms with E-state index in [9.17, 15) is 0 Å². The summed E-state index contributed by atoms with van der Waals surface area (Å²) < 4.78 is 0. The monoisotopic (exact) mass is 242 g/mol. The lowest BCUT2D eigenvalue weighted by molar-refractivity contribution is 0.713. The highest BCUT2D eigenvalue weighted by Crippen LogP contribution is 2.20. The normalized spacial score (nSPS) is 10.5. The van der Waals surface area contributed by atoms with Crippen LogP contribution in [0, 0.1) is 13.8 Å². The SMILES string of the molecule is Cc1cc(CNC(=S)NC(C)C)sc1C. The van der Waals surface area contributed by atoms with E-state index in [4.69, 9.17) is 12.2 Å². The van der Waals surface area contributed by atoms with Gasteiger partial charge in [-0.3, -0.25) is 0 Å². The summed E-state index contributed by atoms with van der Waals surface area (Å²) >= 11 is 6.98. The van der Waals surface area contributed by atoms with E-state index >= 15 is 0 Å². The predicted molar refractivity (Wildman–Crippen MR) is 71.5 cm³/mol. The fourth-order valence-electron chi connectivity index (χ4n) is 1.22. The van der Waals surface area contributed by atoms with Gasteiger partial charge in [0.05, 0.1) is 6.54 Å². The van der Waals surface area contributed by atoms with Gasteiger partial charge in [0, 0.05) is 15.8 Å². The molecule has 0 aliphatic carbocycles. The molecule has 0 radical (unpaired) electrons. The van der Waals surface area contributed by atoms with Gasteiger partial charge in [0.1, 0.15) is 0 Å². The summed E-state index contributed by atoms with van der Waals surface area (Å²) in [5.74, 6) is 0. The van der Waals surface area contributed by atoms with E-state index in [-0.39, 0.29) is 0 Å². The van der Waals surface area contributed by atoms with Gasteiger partial charge in [0.2, 0.25) is 0 Å².